The van der Waals surface area contributed by atoms with Gasteiger partial charge in [0.25, 0.3) is 0 Å². The lowest BCUT2D eigenvalue weighted by atomic mass is 9.84. The number of nitrogens with zero attached hydrogens (tertiary/aromatic N) is 1. The summed E-state index contributed by atoms with van der Waals surface area (Å²) in [5.41, 5.74) is 1.36. The van der Waals surface area contributed by atoms with Crippen LogP contribution in [0.25, 0.3) is 0 Å². The van der Waals surface area contributed by atoms with Gasteiger partial charge in [0, 0.05) is 12.6 Å². The molecule has 1 fully saturated rings. The van der Waals surface area contributed by atoms with Crippen LogP contribution >= 0.6 is 0 Å². The molecule has 0 radical (unpaired) electrons. The van der Waals surface area contributed by atoms with Gasteiger partial charge in [-0.05, 0) is 44.7 Å². The van der Waals surface area contributed by atoms with Gasteiger partial charge in [0.05, 0.1) is 4.92 Å². The molecule has 0 heterocycles. The highest BCUT2D eigenvalue weighted by molar-refractivity contribution is 5.76. The molecule has 0 spiro atoms. The van der Waals surface area contributed by atoms with Gasteiger partial charge in [-0.25, -0.2) is 0 Å². The Balaban J connectivity index is 2.18. The molecule has 1 aliphatic rings. The third-order valence-corrected chi connectivity index (χ3v) is 4.33. The van der Waals surface area contributed by atoms with Crippen molar-refractivity contribution < 1.29 is 4.92 Å². The third-order valence-electron chi connectivity index (χ3n) is 4.33. The van der Waals surface area contributed by atoms with E-state index < -0.39 is 0 Å². The Labute approximate surface area is 126 Å². The SMILES string of the molecule is CCNc1cccc(NC(C)C2CCCCC2)c1[N+](=O)[O-]. The van der Waals surface area contributed by atoms with Crippen molar-refractivity contribution in [2.45, 2.75) is 52.0 Å². The zero-order chi connectivity index (χ0) is 15.2. The molecule has 1 aromatic rings. The van der Waals surface area contributed by atoms with Crippen LogP contribution in [0.15, 0.2) is 18.2 Å². The summed E-state index contributed by atoms with van der Waals surface area (Å²) in [6, 6.07) is 5.69. The van der Waals surface area contributed by atoms with Gasteiger partial charge in [-0.2, -0.15) is 0 Å². The smallest absolute Gasteiger partial charge is 0.315 e. The van der Waals surface area contributed by atoms with Crippen molar-refractivity contribution in [2.24, 2.45) is 5.92 Å². The molecule has 0 amide bonds. The monoisotopic (exact) mass is 291 g/mol. The zero-order valence-electron chi connectivity index (χ0n) is 12.9. The Bertz CT molecular complexity index is 484. The number of hydrogen-bond donors (Lipinski definition) is 2. The lowest BCUT2D eigenvalue weighted by molar-refractivity contribution is -0.383. The van der Waals surface area contributed by atoms with Gasteiger partial charge >= 0.3 is 5.69 Å². The van der Waals surface area contributed by atoms with Crippen LogP contribution in [0, 0.1) is 16.0 Å². The first-order valence-electron chi connectivity index (χ1n) is 7.91. The van der Waals surface area contributed by atoms with Gasteiger partial charge in [0.15, 0.2) is 0 Å². The summed E-state index contributed by atoms with van der Waals surface area (Å²) in [6.07, 6.45) is 6.30. The molecular weight excluding hydrogens is 266 g/mol. The Kier molecular flexibility index (Phi) is 5.42. The first-order chi connectivity index (χ1) is 10.1. The fraction of sp³-hybridized carbons (Fsp3) is 0.625. The molecule has 1 aromatic carbocycles. The van der Waals surface area contributed by atoms with E-state index in [1.165, 1.54) is 32.1 Å². The van der Waals surface area contributed by atoms with E-state index in [0.29, 0.717) is 23.8 Å². The molecule has 116 valence electrons. The van der Waals surface area contributed by atoms with Crippen molar-refractivity contribution in [3.8, 4) is 0 Å². The molecule has 0 aromatic heterocycles. The van der Waals surface area contributed by atoms with Crippen molar-refractivity contribution in [3.63, 3.8) is 0 Å². The van der Waals surface area contributed by atoms with Gasteiger partial charge < -0.3 is 10.6 Å². The van der Waals surface area contributed by atoms with Gasteiger partial charge in [-0.15, -0.1) is 0 Å². The van der Waals surface area contributed by atoms with E-state index in [4.69, 9.17) is 0 Å². The Morgan fingerprint density at radius 3 is 2.57 bits per heavy atom. The number of rotatable bonds is 6. The van der Waals surface area contributed by atoms with E-state index in [2.05, 4.69) is 17.6 Å². The largest absolute Gasteiger partial charge is 0.380 e. The van der Waals surface area contributed by atoms with Gasteiger partial charge in [0.1, 0.15) is 11.4 Å². The van der Waals surface area contributed by atoms with Gasteiger partial charge in [0.2, 0.25) is 0 Å². The van der Waals surface area contributed by atoms with Crippen molar-refractivity contribution in [1.82, 2.24) is 0 Å². The van der Waals surface area contributed by atoms with Crippen LogP contribution in [0.4, 0.5) is 17.1 Å². The van der Waals surface area contributed by atoms with Crippen LogP contribution in [-0.4, -0.2) is 17.5 Å². The number of nitro groups is 1. The molecule has 1 aliphatic carbocycles. The topological polar surface area (TPSA) is 67.2 Å². The molecule has 21 heavy (non-hydrogen) atoms. The zero-order valence-corrected chi connectivity index (χ0v) is 12.9. The van der Waals surface area contributed by atoms with E-state index in [1.807, 2.05) is 13.0 Å². The van der Waals surface area contributed by atoms with E-state index >= 15 is 0 Å². The van der Waals surface area contributed by atoms with Crippen molar-refractivity contribution in [3.05, 3.63) is 28.3 Å². The molecular formula is C16H25N3O2. The molecule has 5 heteroatoms. The fourth-order valence-corrected chi connectivity index (χ4v) is 3.19. The highest BCUT2D eigenvalue weighted by Crippen LogP contribution is 2.35. The maximum Gasteiger partial charge on any atom is 0.315 e. The van der Waals surface area contributed by atoms with E-state index in [9.17, 15) is 10.1 Å². The highest BCUT2D eigenvalue weighted by atomic mass is 16.6. The van der Waals surface area contributed by atoms with Crippen LogP contribution in [0.1, 0.15) is 46.0 Å². The maximum absolute atomic E-state index is 11.4. The number of nitro benzene ring substituents is 1. The standard InChI is InChI=1S/C16H25N3O2/c1-3-17-14-10-7-11-15(16(14)19(20)21)18-12(2)13-8-5-4-6-9-13/h7,10-13,17-18H,3-6,8-9H2,1-2H3. The van der Waals surface area contributed by atoms with Crippen molar-refractivity contribution >= 4 is 17.1 Å². The lowest BCUT2D eigenvalue weighted by Crippen LogP contribution is -2.28. The summed E-state index contributed by atoms with van der Waals surface area (Å²) >= 11 is 0. The first kappa shape index (κ1) is 15.6. The molecule has 5 nitrogen and oxygen atoms in total. The number of hydrogen-bond acceptors (Lipinski definition) is 4. The van der Waals surface area contributed by atoms with Gasteiger partial charge in [-0.3, -0.25) is 10.1 Å². The Morgan fingerprint density at radius 2 is 1.95 bits per heavy atom. The summed E-state index contributed by atoms with van der Waals surface area (Å²) in [4.78, 5) is 11.1. The number of para-hydroxylation sites is 1. The van der Waals surface area contributed by atoms with Crippen molar-refractivity contribution in [2.75, 3.05) is 17.2 Å². The lowest BCUT2D eigenvalue weighted by Gasteiger charge is -2.29. The maximum atomic E-state index is 11.4. The molecule has 0 aliphatic heterocycles. The van der Waals surface area contributed by atoms with Crippen LogP contribution in [0.2, 0.25) is 0 Å². The minimum Gasteiger partial charge on any atom is -0.380 e. The molecule has 1 unspecified atom stereocenters. The van der Waals surface area contributed by atoms with Crippen LogP contribution in [-0.2, 0) is 0 Å². The predicted octanol–water partition coefficient (Wildman–Crippen LogP) is 4.41. The summed E-state index contributed by atoms with van der Waals surface area (Å²) < 4.78 is 0. The first-order valence-corrected chi connectivity index (χ1v) is 7.91. The number of benzene rings is 1. The third kappa shape index (κ3) is 3.86. The number of nitrogens with one attached hydrogen (secondary N) is 2. The minimum absolute atomic E-state index is 0.155. The molecule has 1 saturated carbocycles. The molecule has 0 saturated heterocycles. The normalized spacial score (nSPS) is 17.2. The van der Waals surface area contributed by atoms with E-state index in [1.54, 1.807) is 12.1 Å². The molecule has 0 bridgehead atoms. The summed E-state index contributed by atoms with van der Waals surface area (Å²) in [5.74, 6) is 0.612. The molecule has 2 N–H and O–H groups in total. The van der Waals surface area contributed by atoms with Gasteiger partial charge in [-0.1, -0.05) is 25.3 Å². The summed E-state index contributed by atoms with van der Waals surface area (Å²) in [5, 5.41) is 17.8. The average Bonchev–Trinajstić information content (AvgIpc) is 2.48. The molecule has 1 atom stereocenters. The minimum atomic E-state index is -0.298. The van der Waals surface area contributed by atoms with Crippen LogP contribution in [0.3, 0.4) is 0 Å². The van der Waals surface area contributed by atoms with Crippen LogP contribution in [0.5, 0.6) is 0 Å². The summed E-state index contributed by atoms with van der Waals surface area (Å²) in [7, 11) is 0. The second kappa shape index (κ2) is 7.29. The van der Waals surface area contributed by atoms with Crippen molar-refractivity contribution in [1.29, 1.82) is 0 Å². The van der Waals surface area contributed by atoms with Crippen LogP contribution < -0.4 is 10.6 Å². The Hall–Kier alpha value is -1.78. The summed E-state index contributed by atoms with van der Waals surface area (Å²) in [6.45, 7) is 4.75. The second-order valence-corrected chi connectivity index (χ2v) is 5.82. The Morgan fingerprint density at radius 1 is 1.29 bits per heavy atom. The predicted molar refractivity (Wildman–Crippen MR) is 86.9 cm³/mol. The van der Waals surface area contributed by atoms with E-state index in [0.717, 1.165) is 0 Å². The van der Waals surface area contributed by atoms with E-state index in [-0.39, 0.29) is 16.7 Å². The number of anilines is 2. The fourth-order valence-electron chi connectivity index (χ4n) is 3.19. The highest BCUT2D eigenvalue weighted by Gasteiger charge is 2.24. The molecule has 2 rings (SSSR count). The second-order valence-electron chi connectivity index (χ2n) is 5.82. The average molecular weight is 291 g/mol. The quantitative estimate of drug-likeness (QED) is 0.602.